The normalized spacial score (nSPS) is 12.0. The van der Waals surface area contributed by atoms with Gasteiger partial charge in [-0.3, -0.25) is 4.79 Å². The number of nitrogens with zero attached hydrogens (tertiary/aromatic N) is 3. The molecule has 0 spiro atoms. The summed E-state index contributed by atoms with van der Waals surface area (Å²) in [5, 5.41) is 50.2. The van der Waals surface area contributed by atoms with Gasteiger partial charge in [0.05, 0.1) is 40.5 Å². The lowest BCUT2D eigenvalue weighted by Crippen LogP contribution is -2.11. The van der Waals surface area contributed by atoms with Crippen LogP contribution in [-0.4, -0.2) is 33.2 Å². The third kappa shape index (κ3) is 6.80. The number of nitriles is 3. The van der Waals surface area contributed by atoms with E-state index in [-0.39, 0.29) is 11.1 Å². The van der Waals surface area contributed by atoms with Gasteiger partial charge in [0.2, 0.25) is 0 Å². The average Bonchev–Trinajstić information content (AvgIpc) is 3.56. The van der Waals surface area contributed by atoms with Crippen LogP contribution < -0.4 is 0 Å². The molecule has 30 heavy (non-hydrogen) atoms. The summed E-state index contributed by atoms with van der Waals surface area (Å²) in [6.07, 6.45) is 1.05. The third-order valence-electron chi connectivity index (χ3n) is 3.87. The number of aromatic carboxylic acids is 2. The molecule has 2 aromatic rings. The number of hydrogen-bond acceptors (Lipinski definition) is 6. The molecule has 0 amide bonds. The molecule has 0 radical (unpaired) electrons. The molecule has 3 N–H and O–H groups in total. The fourth-order valence-corrected chi connectivity index (χ4v) is 1.91. The number of rotatable bonds is 3. The van der Waals surface area contributed by atoms with Gasteiger partial charge >= 0.3 is 17.9 Å². The third-order valence-corrected chi connectivity index (χ3v) is 3.87. The highest BCUT2D eigenvalue weighted by atomic mass is 16.4. The second kappa shape index (κ2) is 10.6. The molecule has 2 aromatic carbocycles. The molecule has 150 valence electrons. The lowest BCUT2D eigenvalue weighted by molar-refractivity contribution is -0.141. The van der Waals surface area contributed by atoms with Crippen LogP contribution in [0.3, 0.4) is 0 Å². The first-order valence-electron chi connectivity index (χ1n) is 8.30. The number of benzene rings is 2. The van der Waals surface area contributed by atoms with Crippen molar-refractivity contribution in [3.05, 3.63) is 70.8 Å². The number of carbonyl (C=O) groups is 3. The maximum atomic E-state index is 10.4. The largest absolute Gasteiger partial charge is 0.480 e. The highest BCUT2D eigenvalue weighted by molar-refractivity contribution is 5.88. The quantitative estimate of drug-likeness (QED) is 0.690. The van der Waals surface area contributed by atoms with Crippen molar-refractivity contribution >= 4 is 17.9 Å². The van der Waals surface area contributed by atoms with E-state index in [4.69, 9.17) is 31.1 Å². The summed E-state index contributed by atoms with van der Waals surface area (Å²) >= 11 is 0. The van der Waals surface area contributed by atoms with E-state index >= 15 is 0 Å². The summed E-state index contributed by atoms with van der Waals surface area (Å²) in [6.45, 7) is 0. The van der Waals surface area contributed by atoms with Crippen LogP contribution in [0.1, 0.15) is 44.7 Å². The van der Waals surface area contributed by atoms with E-state index in [1.54, 1.807) is 18.2 Å². The lowest BCUT2D eigenvalue weighted by Gasteiger charge is -1.91. The van der Waals surface area contributed by atoms with Crippen LogP contribution in [0.15, 0.2) is 48.5 Å². The van der Waals surface area contributed by atoms with Crippen molar-refractivity contribution in [1.82, 2.24) is 0 Å². The maximum absolute atomic E-state index is 10.4. The van der Waals surface area contributed by atoms with Crippen LogP contribution in [0.2, 0.25) is 0 Å². The van der Waals surface area contributed by atoms with Gasteiger partial charge < -0.3 is 15.3 Å². The molecular formula is C21H15N3O6. The van der Waals surface area contributed by atoms with Crippen molar-refractivity contribution in [2.75, 3.05) is 0 Å². The molecule has 3 rings (SSSR count). The first-order chi connectivity index (χ1) is 14.2. The molecule has 1 saturated carbocycles. The second-order valence-corrected chi connectivity index (χ2v) is 5.99. The molecule has 1 aliphatic rings. The molecule has 0 heterocycles. The first-order valence-corrected chi connectivity index (χ1v) is 8.30. The van der Waals surface area contributed by atoms with E-state index in [1.165, 1.54) is 36.4 Å². The topological polar surface area (TPSA) is 183 Å². The fourth-order valence-electron chi connectivity index (χ4n) is 1.91. The van der Waals surface area contributed by atoms with Gasteiger partial charge in [-0.1, -0.05) is 6.07 Å². The molecule has 0 saturated heterocycles. The average molecular weight is 405 g/mol. The Hall–Kier alpha value is -4.68. The molecule has 1 fully saturated rings. The zero-order valence-electron chi connectivity index (χ0n) is 15.4. The Balaban J connectivity index is 0.000000228. The molecule has 0 aliphatic heterocycles. The highest BCUT2D eigenvalue weighted by Gasteiger charge is 2.51. The van der Waals surface area contributed by atoms with Gasteiger partial charge in [0.25, 0.3) is 0 Å². The minimum atomic E-state index is -1.01. The van der Waals surface area contributed by atoms with Crippen LogP contribution >= 0.6 is 0 Å². The Labute approximate surface area is 171 Å². The van der Waals surface area contributed by atoms with E-state index in [1.807, 2.05) is 12.1 Å². The molecule has 0 unspecified atom stereocenters. The van der Waals surface area contributed by atoms with Crippen molar-refractivity contribution in [2.24, 2.45) is 5.41 Å². The standard InChI is InChI=1S/2C8H5NO2.C5H5NO2/c9-5-6-1-3-7(4-2-6)8(10)11;9-5-6-2-1-3-7(4-6)8(10)11;6-3-5(1-2-5)4(7)8/h2*1-4H,(H,10,11);1-2H2,(H,7,8). The van der Waals surface area contributed by atoms with Crippen molar-refractivity contribution in [1.29, 1.82) is 15.8 Å². The summed E-state index contributed by atoms with van der Waals surface area (Å²) in [4.78, 5) is 30.8. The smallest absolute Gasteiger partial charge is 0.335 e. The Morgan fingerprint density at radius 2 is 1.30 bits per heavy atom. The van der Waals surface area contributed by atoms with Crippen LogP contribution in [-0.2, 0) is 4.79 Å². The Bertz CT molecular complexity index is 1070. The molecule has 0 aromatic heterocycles. The number of carboxylic acids is 3. The predicted molar refractivity (Wildman–Crippen MR) is 101 cm³/mol. The van der Waals surface area contributed by atoms with E-state index < -0.39 is 23.3 Å². The van der Waals surface area contributed by atoms with Gasteiger partial charge in [0, 0.05) is 0 Å². The Kier molecular flexibility index (Phi) is 8.26. The van der Waals surface area contributed by atoms with Gasteiger partial charge in [-0.25, -0.2) is 9.59 Å². The van der Waals surface area contributed by atoms with E-state index in [0.717, 1.165) is 0 Å². The minimum absolute atomic E-state index is 0.143. The van der Waals surface area contributed by atoms with Gasteiger partial charge in [-0.15, -0.1) is 0 Å². The van der Waals surface area contributed by atoms with Gasteiger partial charge in [0.1, 0.15) is 0 Å². The highest BCUT2D eigenvalue weighted by Crippen LogP contribution is 2.44. The zero-order chi connectivity index (χ0) is 22.7. The van der Waals surface area contributed by atoms with Crippen LogP contribution in [0, 0.1) is 39.4 Å². The minimum Gasteiger partial charge on any atom is -0.480 e. The summed E-state index contributed by atoms with van der Waals surface area (Å²) in [6, 6.07) is 17.2. The summed E-state index contributed by atoms with van der Waals surface area (Å²) in [5.41, 5.74) is 0.188. The fraction of sp³-hybridized carbons (Fsp3) is 0.143. The number of aliphatic carboxylic acids is 1. The van der Waals surface area contributed by atoms with Crippen molar-refractivity contribution in [2.45, 2.75) is 12.8 Å². The summed E-state index contributed by atoms with van der Waals surface area (Å²) in [7, 11) is 0. The van der Waals surface area contributed by atoms with Crippen molar-refractivity contribution in [3.8, 4) is 18.2 Å². The van der Waals surface area contributed by atoms with Gasteiger partial charge in [-0.05, 0) is 55.3 Å². The van der Waals surface area contributed by atoms with Crippen molar-refractivity contribution in [3.63, 3.8) is 0 Å². The molecule has 0 bridgehead atoms. The number of hydrogen-bond donors (Lipinski definition) is 3. The molecule has 9 heteroatoms. The molecule has 9 nitrogen and oxygen atoms in total. The van der Waals surface area contributed by atoms with Crippen LogP contribution in [0.25, 0.3) is 0 Å². The summed E-state index contributed by atoms with van der Waals surface area (Å²) < 4.78 is 0. The Morgan fingerprint density at radius 3 is 1.63 bits per heavy atom. The lowest BCUT2D eigenvalue weighted by atomic mass is 10.1. The van der Waals surface area contributed by atoms with Gasteiger partial charge in [-0.2, -0.15) is 15.8 Å². The summed E-state index contributed by atoms with van der Waals surface area (Å²) in [5.74, 6) is -2.96. The van der Waals surface area contributed by atoms with Gasteiger partial charge in [0.15, 0.2) is 5.41 Å². The van der Waals surface area contributed by atoms with E-state index in [0.29, 0.717) is 24.0 Å². The second-order valence-electron chi connectivity index (χ2n) is 5.99. The van der Waals surface area contributed by atoms with Crippen LogP contribution in [0.5, 0.6) is 0 Å². The molecule has 0 atom stereocenters. The predicted octanol–water partition coefficient (Wildman–Crippen LogP) is 2.89. The maximum Gasteiger partial charge on any atom is 0.335 e. The molecular weight excluding hydrogens is 390 g/mol. The van der Waals surface area contributed by atoms with E-state index in [9.17, 15) is 14.4 Å². The number of carboxylic acid groups (broad SMARTS) is 3. The first kappa shape index (κ1) is 23.4. The SMILES string of the molecule is N#CC1(C(=O)O)CC1.N#Cc1ccc(C(=O)O)cc1.N#Cc1cccc(C(=O)O)c1. The zero-order valence-corrected chi connectivity index (χ0v) is 15.4. The van der Waals surface area contributed by atoms with Crippen LogP contribution in [0.4, 0.5) is 0 Å². The molecule has 1 aliphatic carbocycles. The van der Waals surface area contributed by atoms with Crippen molar-refractivity contribution < 1.29 is 29.7 Å². The Morgan fingerprint density at radius 1 is 0.767 bits per heavy atom. The van der Waals surface area contributed by atoms with E-state index in [2.05, 4.69) is 0 Å². The monoisotopic (exact) mass is 405 g/mol.